The molecule has 0 saturated carbocycles. The largest absolute Gasteiger partial charge is 0.484 e. The van der Waals surface area contributed by atoms with Gasteiger partial charge in [-0.1, -0.05) is 30.3 Å². The molecule has 144 valence electrons. The Labute approximate surface area is 164 Å². The molecule has 0 atom stereocenters. The Morgan fingerprint density at radius 1 is 1.07 bits per heavy atom. The first-order chi connectivity index (χ1) is 13.7. The van der Waals surface area contributed by atoms with Gasteiger partial charge in [-0.15, -0.1) is 0 Å². The number of rotatable bonds is 5. The van der Waals surface area contributed by atoms with E-state index in [1.54, 1.807) is 6.20 Å². The summed E-state index contributed by atoms with van der Waals surface area (Å²) < 4.78 is 11.7. The lowest BCUT2D eigenvalue weighted by atomic mass is 10.1. The normalized spacial score (nSPS) is 14.8. The summed E-state index contributed by atoms with van der Waals surface area (Å²) in [5.41, 5.74) is 2.70. The topological polar surface area (TPSA) is 64.5 Å². The Balaban J connectivity index is 1.27. The maximum Gasteiger partial charge on any atom is 0.260 e. The molecular weight excluding hydrogens is 354 g/mol. The lowest BCUT2D eigenvalue weighted by molar-refractivity contribution is -0.135. The van der Waals surface area contributed by atoms with Crippen molar-refractivity contribution < 1.29 is 14.3 Å². The highest BCUT2D eigenvalue weighted by atomic mass is 16.5. The summed E-state index contributed by atoms with van der Waals surface area (Å²) in [7, 11) is 0. The van der Waals surface area contributed by atoms with Crippen LogP contribution in [0.15, 0.2) is 54.7 Å². The second-order valence-corrected chi connectivity index (χ2v) is 6.95. The van der Waals surface area contributed by atoms with E-state index in [1.807, 2.05) is 60.4 Å². The standard InChI is InChI=1S/C22H23N3O3/c1-16-6-2-5-9-20(16)27-15-22(26)25-12-10-17(11-13-25)28-21-14-23-18-7-3-4-8-19(18)24-21/h2-9,14,17H,10-13,15H2,1H3. The van der Waals surface area contributed by atoms with Gasteiger partial charge in [-0.2, -0.15) is 0 Å². The minimum absolute atomic E-state index is 0.00667. The molecular formula is C22H23N3O3. The number of benzene rings is 2. The zero-order valence-corrected chi connectivity index (χ0v) is 15.9. The molecule has 3 aromatic rings. The van der Waals surface area contributed by atoms with E-state index in [1.165, 1.54) is 0 Å². The van der Waals surface area contributed by atoms with E-state index < -0.39 is 0 Å². The highest BCUT2D eigenvalue weighted by molar-refractivity contribution is 5.78. The van der Waals surface area contributed by atoms with Crippen LogP contribution in [0.25, 0.3) is 11.0 Å². The molecule has 2 heterocycles. The fraction of sp³-hybridized carbons (Fsp3) is 0.318. The second-order valence-electron chi connectivity index (χ2n) is 6.95. The van der Waals surface area contributed by atoms with Crippen molar-refractivity contribution in [2.24, 2.45) is 0 Å². The van der Waals surface area contributed by atoms with Gasteiger partial charge in [-0.25, -0.2) is 9.97 Å². The average Bonchev–Trinajstić information content (AvgIpc) is 2.73. The SMILES string of the molecule is Cc1ccccc1OCC(=O)N1CCC(Oc2cnc3ccccc3n2)CC1. The third kappa shape index (κ3) is 4.22. The molecule has 6 nitrogen and oxygen atoms in total. The summed E-state index contributed by atoms with van der Waals surface area (Å²) in [6, 6.07) is 15.4. The third-order valence-electron chi connectivity index (χ3n) is 4.95. The molecule has 0 aliphatic carbocycles. The zero-order chi connectivity index (χ0) is 19.3. The number of aromatic nitrogens is 2. The van der Waals surface area contributed by atoms with Gasteiger partial charge >= 0.3 is 0 Å². The fourth-order valence-corrected chi connectivity index (χ4v) is 3.34. The number of aryl methyl sites for hydroxylation is 1. The quantitative estimate of drug-likeness (QED) is 0.682. The number of nitrogens with zero attached hydrogens (tertiary/aromatic N) is 3. The van der Waals surface area contributed by atoms with E-state index in [9.17, 15) is 4.79 Å². The van der Waals surface area contributed by atoms with Crippen LogP contribution in [0.4, 0.5) is 0 Å². The summed E-state index contributed by atoms with van der Waals surface area (Å²) in [5, 5.41) is 0. The first-order valence-corrected chi connectivity index (χ1v) is 9.54. The number of amides is 1. The lowest BCUT2D eigenvalue weighted by Gasteiger charge is -2.31. The Morgan fingerprint density at radius 2 is 1.79 bits per heavy atom. The minimum Gasteiger partial charge on any atom is -0.484 e. The molecule has 1 fully saturated rings. The predicted octanol–water partition coefficient (Wildman–Crippen LogP) is 3.39. The van der Waals surface area contributed by atoms with Crippen LogP contribution < -0.4 is 9.47 Å². The van der Waals surface area contributed by atoms with Gasteiger partial charge in [-0.3, -0.25) is 4.79 Å². The van der Waals surface area contributed by atoms with Gasteiger partial charge in [0.05, 0.1) is 17.2 Å². The molecule has 1 amide bonds. The van der Waals surface area contributed by atoms with Gasteiger partial charge in [0, 0.05) is 25.9 Å². The maximum atomic E-state index is 12.4. The number of carbonyl (C=O) groups excluding carboxylic acids is 1. The van der Waals surface area contributed by atoms with Gasteiger partial charge in [-0.05, 0) is 30.7 Å². The third-order valence-corrected chi connectivity index (χ3v) is 4.95. The van der Waals surface area contributed by atoms with Crippen molar-refractivity contribution in [2.75, 3.05) is 19.7 Å². The molecule has 0 N–H and O–H groups in total. The highest BCUT2D eigenvalue weighted by Crippen LogP contribution is 2.20. The first-order valence-electron chi connectivity index (χ1n) is 9.54. The minimum atomic E-state index is 0.00667. The summed E-state index contributed by atoms with van der Waals surface area (Å²) in [6.45, 7) is 3.34. The zero-order valence-electron chi connectivity index (χ0n) is 15.9. The Hall–Kier alpha value is -3.15. The van der Waals surface area contributed by atoms with E-state index in [2.05, 4.69) is 9.97 Å². The number of para-hydroxylation sites is 3. The molecule has 0 unspecified atom stereocenters. The van der Waals surface area contributed by atoms with Crippen LogP contribution in [0.1, 0.15) is 18.4 Å². The van der Waals surface area contributed by atoms with Gasteiger partial charge < -0.3 is 14.4 Å². The van der Waals surface area contributed by atoms with Crippen LogP contribution >= 0.6 is 0 Å². The summed E-state index contributed by atoms with van der Waals surface area (Å²) in [5.74, 6) is 1.29. The molecule has 0 spiro atoms. The van der Waals surface area contributed by atoms with Crippen LogP contribution in [-0.4, -0.2) is 46.6 Å². The number of hydrogen-bond acceptors (Lipinski definition) is 5. The molecule has 1 aromatic heterocycles. The number of hydrogen-bond donors (Lipinski definition) is 0. The predicted molar refractivity (Wildman–Crippen MR) is 106 cm³/mol. The monoisotopic (exact) mass is 377 g/mol. The van der Waals surface area contributed by atoms with E-state index in [0.29, 0.717) is 19.0 Å². The van der Waals surface area contributed by atoms with Crippen molar-refractivity contribution in [3.05, 3.63) is 60.3 Å². The van der Waals surface area contributed by atoms with Crippen LogP contribution in [-0.2, 0) is 4.79 Å². The molecule has 4 rings (SSSR count). The van der Waals surface area contributed by atoms with E-state index in [0.717, 1.165) is 35.2 Å². The van der Waals surface area contributed by atoms with E-state index in [4.69, 9.17) is 9.47 Å². The summed E-state index contributed by atoms with van der Waals surface area (Å²) >= 11 is 0. The lowest BCUT2D eigenvalue weighted by Crippen LogP contribution is -2.43. The molecule has 2 aromatic carbocycles. The smallest absolute Gasteiger partial charge is 0.260 e. The van der Waals surface area contributed by atoms with Crippen LogP contribution in [0.2, 0.25) is 0 Å². The number of ether oxygens (including phenoxy) is 2. The van der Waals surface area contributed by atoms with E-state index in [-0.39, 0.29) is 18.6 Å². The van der Waals surface area contributed by atoms with Crippen LogP contribution in [0, 0.1) is 6.92 Å². The van der Waals surface area contributed by atoms with E-state index >= 15 is 0 Å². The molecule has 6 heteroatoms. The molecule has 1 aliphatic rings. The Bertz CT molecular complexity index is 968. The summed E-state index contributed by atoms with van der Waals surface area (Å²) in [4.78, 5) is 23.2. The van der Waals surface area contributed by atoms with Crippen molar-refractivity contribution in [3.8, 4) is 11.6 Å². The van der Waals surface area contributed by atoms with Gasteiger partial charge in [0.1, 0.15) is 11.9 Å². The molecule has 1 aliphatic heterocycles. The average molecular weight is 377 g/mol. The number of likely N-dealkylation sites (tertiary alicyclic amines) is 1. The van der Waals surface area contributed by atoms with Crippen molar-refractivity contribution in [3.63, 3.8) is 0 Å². The van der Waals surface area contributed by atoms with Crippen LogP contribution in [0.3, 0.4) is 0 Å². The van der Waals surface area contributed by atoms with Crippen molar-refractivity contribution in [2.45, 2.75) is 25.9 Å². The number of carbonyl (C=O) groups is 1. The van der Waals surface area contributed by atoms with Gasteiger partial charge in [0.25, 0.3) is 5.91 Å². The van der Waals surface area contributed by atoms with Crippen molar-refractivity contribution in [1.82, 2.24) is 14.9 Å². The first kappa shape index (κ1) is 18.2. The molecule has 0 radical (unpaired) electrons. The Morgan fingerprint density at radius 3 is 2.57 bits per heavy atom. The highest BCUT2D eigenvalue weighted by Gasteiger charge is 2.24. The fourth-order valence-electron chi connectivity index (χ4n) is 3.34. The van der Waals surface area contributed by atoms with Gasteiger partial charge in [0.2, 0.25) is 5.88 Å². The van der Waals surface area contributed by atoms with Gasteiger partial charge in [0.15, 0.2) is 6.61 Å². The Kier molecular flexibility index (Phi) is 5.37. The van der Waals surface area contributed by atoms with Crippen LogP contribution in [0.5, 0.6) is 11.6 Å². The summed E-state index contributed by atoms with van der Waals surface area (Å²) in [6.07, 6.45) is 3.24. The molecule has 1 saturated heterocycles. The second kappa shape index (κ2) is 8.25. The number of fused-ring (bicyclic) bond motifs is 1. The molecule has 0 bridgehead atoms. The molecule has 28 heavy (non-hydrogen) atoms. The maximum absolute atomic E-state index is 12.4. The van der Waals surface area contributed by atoms with Crippen molar-refractivity contribution >= 4 is 16.9 Å². The number of piperidine rings is 1. The van der Waals surface area contributed by atoms with Crippen molar-refractivity contribution in [1.29, 1.82) is 0 Å².